The van der Waals surface area contributed by atoms with Gasteiger partial charge < -0.3 is 10.2 Å². The van der Waals surface area contributed by atoms with Gasteiger partial charge in [-0.1, -0.05) is 26.0 Å². The summed E-state index contributed by atoms with van der Waals surface area (Å²) in [7, 11) is 1.64. The number of thioether (sulfide) groups is 1. The summed E-state index contributed by atoms with van der Waals surface area (Å²) in [6.07, 6.45) is 1.96. The van der Waals surface area contributed by atoms with Gasteiger partial charge in [-0.25, -0.2) is 4.98 Å². The number of carbonyl (C=O) groups is 2. The summed E-state index contributed by atoms with van der Waals surface area (Å²) < 4.78 is 0. The summed E-state index contributed by atoms with van der Waals surface area (Å²) in [5.74, 6) is -0.110. The van der Waals surface area contributed by atoms with Crippen molar-refractivity contribution in [3.63, 3.8) is 0 Å². The molecule has 1 aromatic carbocycles. The van der Waals surface area contributed by atoms with Gasteiger partial charge >= 0.3 is 0 Å². The summed E-state index contributed by atoms with van der Waals surface area (Å²) in [6, 6.07) is 7.60. The molecule has 0 spiro atoms. The Kier molecular flexibility index (Phi) is 6.61. The predicted molar refractivity (Wildman–Crippen MR) is 105 cm³/mol. The Morgan fingerprint density at radius 3 is 2.60 bits per heavy atom. The normalized spacial score (nSPS) is 10.8. The average molecular weight is 378 g/mol. The highest BCUT2D eigenvalue weighted by molar-refractivity contribution is 7.98. The summed E-state index contributed by atoms with van der Waals surface area (Å²) in [5, 5.41) is 3.81. The molecule has 1 aromatic heterocycles. The van der Waals surface area contributed by atoms with Gasteiger partial charge in [-0.3, -0.25) is 9.59 Å². The van der Waals surface area contributed by atoms with E-state index in [1.54, 1.807) is 18.8 Å². The lowest BCUT2D eigenvalue weighted by Gasteiger charge is -2.17. The maximum atomic E-state index is 12.6. The molecule has 2 amide bonds. The van der Waals surface area contributed by atoms with Crippen molar-refractivity contribution >= 4 is 40.6 Å². The largest absolute Gasteiger partial charge is 0.332 e. The number of aryl methyl sites for hydroxylation is 1. The molecule has 134 valence electrons. The Bertz CT molecular complexity index is 771. The van der Waals surface area contributed by atoms with Crippen molar-refractivity contribution in [3.05, 3.63) is 39.8 Å². The van der Waals surface area contributed by atoms with E-state index in [0.29, 0.717) is 4.88 Å². The summed E-state index contributed by atoms with van der Waals surface area (Å²) in [4.78, 5) is 32.4. The van der Waals surface area contributed by atoms with Crippen molar-refractivity contribution < 1.29 is 9.59 Å². The van der Waals surface area contributed by atoms with Crippen molar-refractivity contribution in [2.45, 2.75) is 31.6 Å². The van der Waals surface area contributed by atoms with E-state index in [1.165, 1.54) is 16.2 Å². The molecule has 0 radical (unpaired) electrons. The van der Waals surface area contributed by atoms with Crippen LogP contribution >= 0.6 is 23.1 Å². The van der Waals surface area contributed by atoms with Crippen molar-refractivity contribution in [1.82, 2.24) is 9.88 Å². The zero-order valence-electron chi connectivity index (χ0n) is 15.1. The van der Waals surface area contributed by atoms with Gasteiger partial charge in [-0.05, 0) is 25.3 Å². The first-order valence-electron chi connectivity index (χ1n) is 7.99. The highest BCUT2D eigenvalue weighted by Gasteiger charge is 2.21. The quantitative estimate of drug-likeness (QED) is 0.773. The number of likely N-dealkylation sites (N-methyl/N-ethyl adjacent to an activating group) is 1. The van der Waals surface area contributed by atoms with E-state index < -0.39 is 0 Å². The number of hydrogen-bond donors (Lipinski definition) is 1. The lowest BCUT2D eigenvalue weighted by molar-refractivity contribution is -0.116. The number of anilines is 1. The molecule has 0 aliphatic carbocycles. The number of benzene rings is 1. The molecule has 0 atom stereocenters. The van der Waals surface area contributed by atoms with Gasteiger partial charge in [0.1, 0.15) is 4.88 Å². The molecular weight excluding hydrogens is 354 g/mol. The third-order valence-electron chi connectivity index (χ3n) is 3.61. The second-order valence-corrected chi connectivity index (χ2v) is 7.91. The van der Waals surface area contributed by atoms with Crippen LogP contribution in [0.1, 0.15) is 40.1 Å². The maximum Gasteiger partial charge on any atom is 0.266 e. The third kappa shape index (κ3) is 4.83. The molecule has 0 unspecified atom stereocenters. The molecule has 0 aliphatic rings. The first-order chi connectivity index (χ1) is 11.8. The van der Waals surface area contributed by atoms with Crippen molar-refractivity contribution in [2.75, 3.05) is 25.2 Å². The number of amides is 2. The second kappa shape index (κ2) is 8.49. The van der Waals surface area contributed by atoms with Crippen molar-refractivity contribution in [1.29, 1.82) is 0 Å². The maximum absolute atomic E-state index is 12.6. The monoisotopic (exact) mass is 377 g/mol. The zero-order valence-corrected chi connectivity index (χ0v) is 16.8. The van der Waals surface area contributed by atoms with E-state index in [4.69, 9.17) is 0 Å². The number of nitrogens with one attached hydrogen (secondary N) is 1. The number of nitrogens with zero attached hydrogens (tertiary/aromatic N) is 2. The van der Waals surface area contributed by atoms with Gasteiger partial charge in [0.2, 0.25) is 5.91 Å². The van der Waals surface area contributed by atoms with Crippen LogP contribution in [0.2, 0.25) is 0 Å². The number of carbonyl (C=O) groups excluding carboxylic acids is 2. The molecule has 0 saturated heterocycles. The molecule has 0 bridgehead atoms. The molecule has 5 nitrogen and oxygen atoms in total. The minimum absolute atomic E-state index is 0.00407. The van der Waals surface area contributed by atoms with E-state index >= 15 is 0 Å². The molecule has 1 N–H and O–H groups in total. The summed E-state index contributed by atoms with van der Waals surface area (Å²) in [5.41, 5.74) is 1.48. The molecular formula is C18H23N3O2S2. The van der Waals surface area contributed by atoms with E-state index in [9.17, 15) is 9.59 Å². The Morgan fingerprint density at radius 2 is 2.00 bits per heavy atom. The van der Waals surface area contributed by atoms with Gasteiger partial charge in [0, 0.05) is 17.9 Å². The predicted octanol–water partition coefficient (Wildman–Crippen LogP) is 4.01. The van der Waals surface area contributed by atoms with Gasteiger partial charge in [-0.15, -0.1) is 23.1 Å². The number of thiazole rings is 1. The molecule has 2 aromatic rings. The van der Waals surface area contributed by atoms with Gasteiger partial charge in [0.05, 0.1) is 22.9 Å². The highest BCUT2D eigenvalue weighted by atomic mass is 32.2. The molecule has 0 aliphatic heterocycles. The lowest BCUT2D eigenvalue weighted by Crippen LogP contribution is -2.34. The smallest absolute Gasteiger partial charge is 0.266 e. The summed E-state index contributed by atoms with van der Waals surface area (Å²) in [6.45, 7) is 5.92. The lowest BCUT2D eigenvalue weighted by atomic mass is 10.2. The van der Waals surface area contributed by atoms with E-state index in [2.05, 4.69) is 10.3 Å². The van der Waals surface area contributed by atoms with Gasteiger partial charge in [-0.2, -0.15) is 0 Å². The Hall–Kier alpha value is -1.86. The Morgan fingerprint density at radius 1 is 1.32 bits per heavy atom. The SMILES string of the molecule is CSc1ccccc1NC(=O)CN(C)C(=O)c1sc(C(C)C)nc1C. The van der Waals surface area contributed by atoms with Crippen LogP contribution in [-0.4, -0.2) is 41.5 Å². The Balaban J connectivity index is 2.04. The molecule has 25 heavy (non-hydrogen) atoms. The Labute approximate surface area is 156 Å². The fourth-order valence-corrected chi connectivity index (χ4v) is 3.88. The van der Waals surface area contributed by atoms with Gasteiger partial charge in [0.15, 0.2) is 0 Å². The number of para-hydroxylation sites is 1. The minimum Gasteiger partial charge on any atom is -0.332 e. The standard InChI is InChI=1S/C18H23N3O2S2/c1-11(2)17-19-12(3)16(25-17)18(23)21(4)10-15(22)20-13-8-6-7-9-14(13)24-5/h6-9,11H,10H2,1-5H3,(H,20,22). The summed E-state index contributed by atoms with van der Waals surface area (Å²) >= 11 is 2.97. The average Bonchev–Trinajstić information content (AvgIpc) is 2.96. The number of aromatic nitrogens is 1. The fourth-order valence-electron chi connectivity index (χ4n) is 2.26. The topological polar surface area (TPSA) is 62.3 Å². The number of rotatable bonds is 6. The minimum atomic E-state index is -0.219. The zero-order chi connectivity index (χ0) is 18.6. The second-order valence-electron chi connectivity index (χ2n) is 6.03. The highest BCUT2D eigenvalue weighted by Crippen LogP contribution is 2.26. The molecule has 7 heteroatoms. The van der Waals surface area contributed by atoms with Crippen LogP contribution in [-0.2, 0) is 4.79 Å². The number of hydrogen-bond acceptors (Lipinski definition) is 5. The van der Waals surface area contributed by atoms with Crippen LogP contribution < -0.4 is 5.32 Å². The molecule has 1 heterocycles. The van der Waals surface area contributed by atoms with Crippen LogP contribution in [0, 0.1) is 6.92 Å². The van der Waals surface area contributed by atoms with Gasteiger partial charge in [0.25, 0.3) is 5.91 Å². The van der Waals surface area contributed by atoms with Crippen molar-refractivity contribution in [2.24, 2.45) is 0 Å². The molecule has 0 fully saturated rings. The molecule has 0 saturated carbocycles. The van der Waals surface area contributed by atoms with Crippen LogP contribution in [0.5, 0.6) is 0 Å². The first-order valence-corrected chi connectivity index (χ1v) is 10.0. The van der Waals surface area contributed by atoms with Crippen LogP contribution in [0.4, 0.5) is 5.69 Å². The van der Waals surface area contributed by atoms with Crippen LogP contribution in [0.25, 0.3) is 0 Å². The van der Waals surface area contributed by atoms with Crippen LogP contribution in [0.3, 0.4) is 0 Å². The third-order valence-corrected chi connectivity index (χ3v) is 5.85. The van der Waals surface area contributed by atoms with E-state index in [-0.39, 0.29) is 24.3 Å². The van der Waals surface area contributed by atoms with Crippen molar-refractivity contribution in [3.8, 4) is 0 Å². The van der Waals surface area contributed by atoms with E-state index in [0.717, 1.165) is 21.3 Å². The first kappa shape index (κ1) is 19.5. The molecule has 2 rings (SSSR count). The van der Waals surface area contributed by atoms with E-state index in [1.807, 2.05) is 51.3 Å². The van der Waals surface area contributed by atoms with Crippen LogP contribution in [0.15, 0.2) is 29.2 Å². The fraction of sp³-hybridized carbons (Fsp3) is 0.389.